The van der Waals surface area contributed by atoms with Crippen LogP contribution in [0.5, 0.6) is 0 Å². The summed E-state index contributed by atoms with van der Waals surface area (Å²) in [5, 5.41) is 27.9. The van der Waals surface area contributed by atoms with E-state index in [1.165, 1.54) is 18.2 Å². The van der Waals surface area contributed by atoms with Gasteiger partial charge in [0.05, 0.1) is 0 Å². The lowest BCUT2D eigenvalue weighted by Crippen LogP contribution is -2.19. The smallest absolute Gasteiger partial charge is 0.322 e. The predicted octanol–water partition coefficient (Wildman–Crippen LogP) is 0.592. The van der Waals surface area contributed by atoms with Crippen LogP contribution in [0.2, 0.25) is 0 Å². The highest BCUT2D eigenvalue weighted by molar-refractivity contribution is 6.11. The summed E-state index contributed by atoms with van der Waals surface area (Å²) >= 11 is 0. The average Bonchev–Trinajstić information content (AvgIpc) is 3.51. The first-order chi connectivity index (χ1) is 14.6. The fourth-order valence-corrected chi connectivity index (χ4v) is 2.21. The van der Waals surface area contributed by atoms with Crippen LogP contribution < -0.4 is 16.0 Å². The molecule has 0 saturated heterocycles. The number of benzene rings is 1. The minimum absolute atomic E-state index is 0.0536. The fourth-order valence-electron chi connectivity index (χ4n) is 2.21. The molecule has 150 valence electrons. The van der Waals surface area contributed by atoms with Crippen LogP contribution in [0.3, 0.4) is 0 Å². The molecule has 0 aliphatic carbocycles. The van der Waals surface area contributed by atoms with Gasteiger partial charge in [0.2, 0.25) is 19.2 Å². The summed E-state index contributed by atoms with van der Waals surface area (Å²) in [5.41, 5.74) is -0.161. The van der Waals surface area contributed by atoms with E-state index in [2.05, 4.69) is 46.5 Å². The highest BCUT2D eigenvalue weighted by Gasteiger charge is 2.19. The first-order valence-electron chi connectivity index (χ1n) is 7.96. The SMILES string of the molecule is O=C(Nc1nnco1)c1cc(C(=O)Nc2nnco2)cc(C(=O)Nc2nnco2)c1. The van der Waals surface area contributed by atoms with Gasteiger partial charge < -0.3 is 13.3 Å². The quantitative estimate of drug-likeness (QED) is 0.399. The monoisotopic (exact) mass is 411 g/mol. The van der Waals surface area contributed by atoms with Gasteiger partial charge in [-0.3, -0.25) is 30.3 Å². The first kappa shape index (κ1) is 18.4. The molecule has 0 atom stereocenters. The van der Waals surface area contributed by atoms with E-state index in [-0.39, 0.29) is 34.7 Å². The molecule has 0 saturated carbocycles. The Bertz CT molecular complexity index is 1010. The molecule has 4 rings (SSSR count). The second kappa shape index (κ2) is 7.97. The van der Waals surface area contributed by atoms with Crippen molar-refractivity contribution in [1.82, 2.24) is 30.6 Å². The summed E-state index contributed by atoms with van der Waals surface area (Å²) < 4.78 is 14.6. The van der Waals surface area contributed by atoms with Gasteiger partial charge in [-0.05, 0) is 18.2 Å². The summed E-state index contributed by atoms with van der Waals surface area (Å²) in [6.07, 6.45) is 3.06. The number of hydrogen-bond acceptors (Lipinski definition) is 12. The number of carbonyl (C=O) groups excluding carboxylic acids is 3. The van der Waals surface area contributed by atoms with Gasteiger partial charge >= 0.3 is 18.0 Å². The summed E-state index contributed by atoms with van der Waals surface area (Å²) in [5.74, 6) is -2.13. The number of carbonyl (C=O) groups is 3. The molecule has 3 N–H and O–H groups in total. The van der Waals surface area contributed by atoms with Gasteiger partial charge in [-0.2, -0.15) is 0 Å². The van der Waals surface area contributed by atoms with Gasteiger partial charge in [-0.25, -0.2) is 0 Å². The van der Waals surface area contributed by atoms with Crippen molar-refractivity contribution in [3.8, 4) is 0 Å². The van der Waals surface area contributed by atoms with Crippen molar-refractivity contribution in [3.63, 3.8) is 0 Å². The minimum Gasteiger partial charge on any atom is -0.411 e. The highest BCUT2D eigenvalue weighted by atomic mass is 16.4. The van der Waals surface area contributed by atoms with Crippen LogP contribution in [0.4, 0.5) is 18.0 Å². The lowest BCUT2D eigenvalue weighted by Gasteiger charge is -2.08. The van der Waals surface area contributed by atoms with Crippen molar-refractivity contribution in [2.45, 2.75) is 0 Å². The lowest BCUT2D eigenvalue weighted by atomic mass is 10.0. The van der Waals surface area contributed by atoms with E-state index in [0.29, 0.717) is 0 Å². The number of aromatic nitrogens is 6. The summed E-state index contributed by atoms with van der Waals surface area (Å²) in [7, 11) is 0. The molecule has 3 amide bonds. The Kier molecular flexibility index (Phi) is 4.89. The molecule has 30 heavy (non-hydrogen) atoms. The van der Waals surface area contributed by atoms with Crippen molar-refractivity contribution < 1.29 is 27.6 Å². The molecule has 1 aromatic carbocycles. The number of rotatable bonds is 6. The van der Waals surface area contributed by atoms with E-state index in [0.717, 1.165) is 19.2 Å². The summed E-state index contributed by atoms with van der Waals surface area (Å²) in [6, 6.07) is 3.20. The third kappa shape index (κ3) is 4.14. The molecule has 0 fully saturated rings. The van der Waals surface area contributed by atoms with E-state index in [1.54, 1.807) is 0 Å². The Morgan fingerprint density at radius 3 is 1.10 bits per heavy atom. The average molecular weight is 411 g/mol. The minimum atomic E-state index is -0.710. The molecule has 3 heterocycles. The van der Waals surface area contributed by atoms with Crippen LogP contribution in [0.25, 0.3) is 0 Å². The maximum Gasteiger partial charge on any atom is 0.322 e. The predicted molar refractivity (Wildman–Crippen MR) is 93.2 cm³/mol. The molecule has 0 aliphatic heterocycles. The van der Waals surface area contributed by atoms with Gasteiger partial charge in [0.15, 0.2) is 0 Å². The summed E-state index contributed by atoms with van der Waals surface area (Å²) in [4.78, 5) is 37.5. The first-order valence-corrected chi connectivity index (χ1v) is 7.96. The molecule has 0 bridgehead atoms. The number of anilines is 3. The summed E-state index contributed by atoms with van der Waals surface area (Å²) in [6.45, 7) is 0. The van der Waals surface area contributed by atoms with E-state index in [4.69, 9.17) is 13.3 Å². The zero-order chi connectivity index (χ0) is 20.9. The van der Waals surface area contributed by atoms with Crippen LogP contribution in [0, 0.1) is 0 Å². The van der Waals surface area contributed by atoms with Gasteiger partial charge in [-0.1, -0.05) is 15.3 Å². The van der Waals surface area contributed by atoms with E-state index in [1.807, 2.05) is 0 Å². The Balaban J connectivity index is 1.64. The Morgan fingerprint density at radius 2 is 0.867 bits per heavy atom. The Morgan fingerprint density at radius 1 is 0.567 bits per heavy atom. The van der Waals surface area contributed by atoms with Crippen molar-refractivity contribution in [1.29, 1.82) is 0 Å². The molecule has 0 radical (unpaired) electrons. The van der Waals surface area contributed by atoms with Crippen LogP contribution in [-0.4, -0.2) is 48.3 Å². The molecule has 15 heteroatoms. The zero-order valence-corrected chi connectivity index (χ0v) is 14.6. The molecular weight excluding hydrogens is 402 g/mol. The van der Waals surface area contributed by atoms with Crippen molar-refractivity contribution in [3.05, 3.63) is 54.1 Å². The molecule has 4 aromatic rings. The standard InChI is InChI=1S/C15H9N9O6/c25-10(19-13-22-16-4-28-13)7-1-8(11(26)20-14-23-17-5-29-14)3-9(2-7)12(27)21-15-24-18-6-30-15/h1-6H,(H,19,22,25)(H,20,23,26)(H,21,24,27). The largest absolute Gasteiger partial charge is 0.411 e. The van der Waals surface area contributed by atoms with Gasteiger partial charge in [0.25, 0.3) is 17.7 Å². The number of nitrogens with zero attached hydrogens (tertiary/aromatic N) is 6. The van der Waals surface area contributed by atoms with Crippen molar-refractivity contribution in [2.75, 3.05) is 16.0 Å². The van der Waals surface area contributed by atoms with E-state index < -0.39 is 17.7 Å². The second-order valence-electron chi connectivity index (χ2n) is 5.39. The third-order valence-electron chi connectivity index (χ3n) is 3.46. The zero-order valence-electron chi connectivity index (χ0n) is 14.6. The molecule has 0 spiro atoms. The maximum absolute atomic E-state index is 12.5. The molecule has 15 nitrogen and oxygen atoms in total. The van der Waals surface area contributed by atoms with Gasteiger partial charge in [-0.15, -0.1) is 15.3 Å². The van der Waals surface area contributed by atoms with Crippen LogP contribution >= 0.6 is 0 Å². The number of hydrogen-bond donors (Lipinski definition) is 3. The van der Waals surface area contributed by atoms with Crippen LogP contribution in [0.1, 0.15) is 31.1 Å². The fraction of sp³-hybridized carbons (Fsp3) is 0. The van der Waals surface area contributed by atoms with Crippen molar-refractivity contribution in [2.24, 2.45) is 0 Å². The molecule has 0 aliphatic rings. The second-order valence-corrected chi connectivity index (χ2v) is 5.39. The normalized spacial score (nSPS) is 10.4. The number of nitrogens with one attached hydrogen (secondary N) is 3. The van der Waals surface area contributed by atoms with Crippen molar-refractivity contribution >= 4 is 35.8 Å². The lowest BCUT2D eigenvalue weighted by molar-refractivity contribution is 0.102. The van der Waals surface area contributed by atoms with E-state index in [9.17, 15) is 14.4 Å². The third-order valence-corrected chi connectivity index (χ3v) is 3.46. The van der Waals surface area contributed by atoms with Gasteiger partial charge in [0.1, 0.15) is 0 Å². The topological polar surface area (TPSA) is 204 Å². The molecule has 0 unspecified atom stereocenters. The van der Waals surface area contributed by atoms with Gasteiger partial charge in [0, 0.05) is 16.7 Å². The van der Waals surface area contributed by atoms with Crippen LogP contribution in [0.15, 0.2) is 50.6 Å². The Labute approximate surface area is 164 Å². The van der Waals surface area contributed by atoms with Crippen LogP contribution in [-0.2, 0) is 0 Å². The molecule has 3 aromatic heterocycles. The number of amides is 3. The molecular formula is C15H9N9O6. The Hall–Kier alpha value is -4.95. The maximum atomic E-state index is 12.5. The van der Waals surface area contributed by atoms with E-state index >= 15 is 0 Å². The highest BCUT2D eigenvalue weighted by Crippen LogP contribution is 2.16.